The smallest absolute Gasteiger partial charge is 0.350 e. The van der Waals surface area contributed by atoms with E-state index in [-0.39, 0.29) is 18.0 Å². The van der Waals surface area contributed by atoms with Crippen LogP contribution in [0.5, 0.6) is 5.75 Å². The van der Waals surface area contributed by atoms with Gasteiger partial charge in [0.25, 0.3) is 0 Å². The molecule has 29 heavy (non-hydrogen) atoms. The van der Waals surface area contributed by atoms with Gasteiger partial charge in [-0.25, -0.2) is 14.0 Å². The molecule has 8 heteroatoms. The molecule has 0 unspecified atom stereocenters. The summed E-state index contributed by atoms with van der Waals surface area (Å²) >= 11 is 0. The van der Waals surface area contributed by atoms with Crippen LogP contribution in [0.15, 0.2) is 53.3 Å². The van der Waals surface area contributed by atoms with E-state index < -0.39 is 0 Å². The number of rotatable bonds is 5. The summed E-state index contributed by atoms with van der Waals surface area (Å²) in [6.45, 7) is 5.26. The van der Waals surface area contributed by atoms with E-state index in [1.54, 1.807) is 19.1 Å². The second kappa shape index (κ2) is 7.83. The zero-order valence-electron chi connectivity index (χ0n) is 16.2. The van der Waals surface area contributed by atoms with E-state index in [0.29, 0.717) is 12.1 Å². The Balaban J connectivity index is 1.46. The Bertz CT molecular complexity index is 1050. The molecular weight excluding hydrogens is 370 g/mol. The van der Waals surface area contributed by atoms with E-state index in [1.165, 1.54) is 9.25 Å². The minimum Gasteiger partial charge on any atom is -0.508 e. The molecule has 1 aliphatic heterocycles. The van der Waals surface area contributed by atoms with Crippen molar-refractivity contribution in [3.63, 3.8) is 0 Å². The van der Waals surface area contributed by atoms with E-state index in [0.717, 1.165) is 43.2 Å². The zero-order chi connectivity index (χ0) is 20.4. The minimum atomic E-state index is -0.315. The van der Waals surface area contributed by atoms with E-state index in [1.807, 2.05) is 36.4 Å². The number of anilines is 2. The highest BCUT2D eigenvalue weighted by Gasteiger charge is 2.18. The van der Waals surface area contributed by atoms with Crippen LogP contribution in [0.1, 0.15) is 5.82 Å². The Morgan fingerprint density at radius 3 is 1.90 bits per heavy atom. The number of carbonyl (C=O) groups excluding carboxylic acids is 1. The number of benzene rings is 2. The molecule has 0 saturated carbocycles. The number of aldehydes is 1. The molecule has 2 heterocycles. The van der Waals surface area contributed by atoms with Gasteiger partial charge in [0, 0.05) is 37.6 Å². The van der Waals surface area contributed by atoms with E-state index in [4.69, 9.17) is 0 Å². The predicted octanol–water partition coefficient (Wildman–Crippen LogP) is 1.57. The summed E-state index contributed by atoms with van der Waals surface area (Å²) in [5, 5.41) is 13.6. The third-order valence-electron chi connectivity index (χ3n) is 5.22. The first-order valence-corrected chi connectivity index (χ1v) is 9.56. The fourth-order valence-corrected chi connectivity index (χ4v) is 3.70. The van der Waals surface area contributed by atoms with Gasteiger partial charge in [-0.3, -0.25) is 0 Å². The van der Waals surface area contributed by atoms with Crippen LogP contribution in [0, 0.1) is 6.92 Å². The molecule has 1 saturated heterocycles. The normalized spacial score (nSPS) is 14.2. The molecule has 1 aliphatic rings. The number of hydrogen-bond acceptors (Lipinski definition) is 6. The van der Waals surface area contributed by atoms with Gasteiger partial charge in [0.2, 0.25) is 0 Å². The van der Waals surface area contributed by atoms with Gasteiger partial charge in [-0.15, -0.1) is 0 Å². The molecule has 0 radical (unpaired) electrons. The Morgan fingerprint density at radius 2 is 1.38 bits per heavy atom. The molecule has 8 nitrogen and oxygen atoms in total. The van der Waals surface area contributed by atoms with Crippen LogP contribution in [0.4, 0.5) is 11.4 Å². The van der Waals surface area contributed by atoms with Crippen LogP contribution < -0.4 is 15.5 Å². The van der Waals surface area contributed by atoms with Crippen molar-refractivity contribution in [3.8, 4) is 11.4 Å². The van der Waals surface area contributed by atoms with Crippen molar-refractivity contribution in [2.75, 3.05) is 36.0 Å². The monoisotopic (exact) mass is 393 g/mol. The van der Waals surface area contributed by atoms with Gasteiger partial charge in [-0.05, 0) is 55.5 Å². The molecule has 4 rings (SSSR count). The number of piperazine rings is 1. The van der Waals surface area contributed by atoms with Crippen LogP contribution in [0.2, 0.25) is 0 Å². The molecule has 1 fully saturated rings. The molecule has 3 aromatic rings. The molecule has 0 atom stereocenters. The van der Waals surface area contributed by atoms with E-state index in [2.05, 4.69) is 14.9 Å². The third-order valence-corrected chi connectivity index (χ3v) is 5.22. The largest absolute Gasteiger partial charge is 0.508 e. The van der Waals surface area contributed by atoms with E-state index in [9.17, 15) is 14.7 Å². The topological polar surface area (TPSA) is 83.6 Å². The molecule has 150 valence electrons. The number of aryl methyl sites for hydroxylation is 1. The van der Waals surface area contributed by atoms with E-state index >= 15 is 0 Å². The third kappa shape index (κ3) is 3.73. The number of nitrogens with zero attached hydrogens (tertiary/aromatic N) is 5. The summed E-state index contributed by atoms with van der Waals surface area (Å²) in [5.41, 5.74) is 2.63. The SMILES string of the molecule is Cc1nn(CC=O)c(=O)n1-c1ccc(N2CCN(c3ccc(O)cc3)CC2)cc1. The summed E-state index contributed by atoms with van der Waals surface area (Å²) in [5.74, 6) is 0.825. The van der Waals surface area contributed by atoms with Crippen molar-refractivity contribution < 1.29 is 9.90 Å². The molecule has 0 bridgehead atoms. The molecule has 0 aliphatic carbocycles. The van der Waals surface area contributed by atoms with Crippen LogP contribution in [0.25, 0.3) is 5.69 Å². The van der Waals surface area contributed by atoms with Gasteiger partial charge in [0.15, 0.2) is 0 Å². The van der Waals surface area contributed by atoms with Crippen molar-refractivity contribution in [3.05, 3.63) is 64.8 Å². The lowest BCUT2D eigenvalue weighted by atomic mass is 10.2. The average molecular weight is 393 g/mol. The molecule has 1 N–H and O–H groups in total. The summed E-state index contributed by atoms with van der Waals surface area (Å²) in [4.78, 5) is 27.7. The highest BCUT2D eigenvalue weighted by molar-refractivity contribution is 5.55. The first kappa shape index (κ1) is 18.8. The highest BCUT2D eigenvalue weighted by Crippen LogP contribution is 2.23. The van der Waals surface area contributed by atoms with Gasteiger partial charge in [0.1, 0.15) is 24.4 Å². The Hall–Kier alpha value is -3.55. The highest BCUT2D eigenvalue weighted by atomic mass is 16.3. The maximum absolute atomic E-state index is 12.4. The molecule has 2 aromatic carbocycles. The lowest BCUT2D eigenvalue weighted by Crippen LogP contribution is -2.46. The quantitative estimate of drug-likeness (QED) is 0.663. The van der Waals surface area contributed by atoms with Crippen molar-refractivity contribution in [2.24, 2.45) is 0 Å². The maximum Gasteiger partial charge on any atom is 0.350 e. The molecule has 0 spiro atoms. The number of phenols is 1. The fraction of sp³-hybridized carbons (Fsp3) is 0.286. The van der Waals surface area contributed by atoms with Crippen LogP contribution in [-0.4, -0.2) is 51.9 Å². The number of aromatic hydroxyl groups is 1. The van der Waals surface area contributed by atoms with Crippen LogP contribution >= 0.6 is 0 Å². The van der Waals surface area contributed by atoms with Crippen LogP contribution in [-0.2, 0) is 11.3 Å². The molecule has 1 aromatic heterocycles. The first-order chi connectivity index (χ1) is 14.1. The van der Waals surface area contributed by atoms with Crippen molar-refractivity contribution in [2.45, 2.75) is 13.5 Å². The summed E-state index contributed by atoms with van der Waals surface area (Å²) < 4.78 is 2.68. The Morgan fingerprint density at radius 1 is 0.897 bits per heavy atom. The van der Waals surface area contributed by atoms with Gasteiger partial charge in [-0.2, -0.15) is 5.10 Å². The molecule has 0 amide bonds. The fourth-order valence-electron chi connectivity index (χ4n) is 3.70. The van der Waals surface area contributed by atoms with Crippen molar-refractivity contribution in [1.29, 1.82) is 0 Å². The van der Waals surface area contributed by atoms with Crippen LogP contribution in [0.3, 0.4) is 0 Å². The molecular formula is C21H23N5O3. The van der Waals surface area contributed by atoms with Gasteiger partial charge >= 0.3 is 5.69 Å². The average Bonchev–Trinajstić information content (AvgIpc) is 3.02. The lowest BCUT2D eigenvalue weighted by Gasteiger charge is -2.37. The number of phenolic OH excluding ortho intramolecular Hbond substituents is 1. The summed E-state index contributed by atoms with van der Waals surface area (Å²) in [7, 11) is 0. The van der Waals surface area contributed by atoms with Crippen molar-refractivity contribution in [1.82, 2.24) is 14.3 Å². The number of hydrogen-bond donors (Lipinski definition) is 1. The lowest BCUT2D eigenvalue weighted by molar-refractivity contribution is -0.108. The first-order valence-electron chi connectivity index (χ1n) is 9.56. The second-order valence-corrected chi connectivity index (χ2v) is 7.02. The van der Waals surface area contributed by atoms with Gasteiger partial charge in [0.05, 0.1) is 5.69 Å². The number of aromatic nitrogens is 3. The summed E-state index contributed by atoms with van der Waals surface area (Å²) in [6, 6.07) is 15.1. The Labute approximate surface area is 168 Å². The zero-order valence-corrected chi connectivity index (χ0v) is 16.2. The standard InChI is InChI=1S/C21H23N5O3/c1-16-22-25(14-15-27)21(29)26(16)19-4-2-17(3-5-19)23-10-12-24(13-11-23)18-6-8-20(28)9-7-18/h2-9,15,28H,10-14H2,1H3. The van der Waals surface area contributed by atoms with Crippen molar-refractivity contribution >= 4 is 17.7 Å². The summed E-state index contributed by atoms with van der Waals surface area (Å²) in [6.07, 6.45) is 0.666. The number of carbonyl (C=O) groups is 1. The predicted molar refractivity (Wildman–Crippen MR) is 111 cm³/mol. The second-order valence-electron chi connectivity index (χ2n) is 7.02. The van der Waals surface area contributed by atoms with Gasteiger partial charge in [-0.1, -0.05) is 0 Å². The maximum atomic E-state index is 12.4. The van der Waals surface area contributed by atoms with Gasteiger partial charge < -0.3 is 19.7 Å². The minimum absolute atomic E-state index is 0.0456. The Kier molecular flexibility index (Phi) is 5.07.